The first kappa shape index (κ1) is 16.0. The van der Waals surface area contributed by atoms with Gasteiger partial charge < -0.3 is 9.30 Å². The number of nitrogens with zero attached hydrogens (tertiary/aromatic N) is 4. The van der Waals surface area contributed by atoms with Crippen molar-refractivity contribution >= 4 is 28.5 Å². The van der Waals surface area contributed by atoms with Gasteiger partial charge in [-0.3, -0.25) is 4.79 Å². The fourth-order valence-corrected chi connectivity index (χ4v) is 2.69. The zero-order valence-electron chi connectivity index (χ0n) is 12.9. The van der Waals surface area contributed by atoms with Crippen LogP contribution in [0.25, 0.3) is 22.2 Å². The Hall–Kier alpha value is -2.91. The van der Waals surface area contributed by atoms with Crippen molar-refractivity contribution in [1.29, 1.82) is 5.26 Å². The van der Waals surface area contributed by atoms with Crippen molar-refractivity contribution in [3.8, 4) is 17.3 Å². The Morgan fingerprint density at radius 1 is 1.42 bits per heavy atom. The molecule has 0 radical (unpaired) electrons. The molecule has 3 aromatic rings. The molecule has 0 saturated carbocycles. The van der Waals surface area contributed by atoms with Crippen molar-refractivity contribution in [2.45, 2.75) is 13.5 Å². The van der Waals surface area contributed by atoms with E-state index in [0.717, 1.165) is 16.5 Å². The Bertz CT molecular complexity index is 959. The Kier molecular flexibility index (Phi) is 4.45. The van der Waals surface area contributed by atoms with Crippen molar-refractivity contribution in [3.05, 3.63) is 47.5 Å². The van der Waals surface area contributed by atoms with Gasteiger partial charge in [0.15, 0.2) is 0 Å². The number of ether oxygens (including phenoxy) is 1. The maximum Gasteiger partial charge on any atom is 0.325 e. The lowest BCUT2D eigenvalue weighted by atomic mass is 10.1. The number of hydrogen-bond acceptors (Lipinski definition) is 5. The lowest BCUT2D eigenvalue weighted by Gasteiger charge is -2.04. The largest absolute Gasteiger partial charge is 0.465 e. The third kappa shape index (κ3) is 2.94. The summed E-state index contributed by atoms with van der Waals surface area (Å²) in [7, 11) is 0. The lowest BCUT2D eigenvalue weighted by Crippen LogP contribution is -2.12. The molecule has 120 valence electrons. The highest BCUT2D eigenvalue weighted by atomic mass is 35.5. The molecule has 0 N–H and O–H groups in total. The van der Waals surface area contributed by atoms with Crippen LogP contribution in [0.15, 0.2) is 36.7 Å². The lowest BCUT2D eigenvalue weighted by molar-refractivity contribution is -0.143. The first-order chi connectivity index (χ1) is 11.6. The number of nitriles is 1. The third-order valence-corrected chi connectivity index (χ3v) is 3.71. The zero-order valence-corrected chi connectivity index (χ0v) is 13.6. The van der Waals surface area contributed by atoms with Gasteiger partial charge in [0.1, 0.15) is 12.6 Å². The molecule has 1 aromatic carbocycles. The van der Waals surface area contributed by atoms with Gasteiger partial charge in [-0.05, 0) is 24.6 Å². The van der Waals surface area contributed by atoms with Crippen LogP contribution in [0.5, 0.6) is 0 Å². The van der Waals surface area contributed by atoms with Crippen LogP contribution in [0.2, 0.25) is 5.28 Å². The second-order valence-corrected chi connectivity index (χ2v) is 5.34. The summed E-state index contributed by atoms with van der Waals surface area (Å²) >= 11 is 5.89. The average Bonchev–Trinajstić information content (AvgIpc) is 2.94. The van der Waals surface area contributed by atoms with Gasteiger partial charge in [0.05, 0.1) is 24.1 Å². The van der Waals surface area contributed by atoms with Crippen LogP contribution in [0, 0.1) is 11.3 Å². The van der Waals surface area contributed by atoms with Crippen molar-refractivity contribution in [3.63, 3.8) is 0 Å². The van der Waals surface area contributed by atoms with Crippen LogP contribution in [-0.4, -0.2) is 27.1 Å². The molecule has 0 aliphatic rings. The quantitative estimate of drug-likeness (QED) is 0.538. The fourth-order valence-electron chi connectivity index (χ4n) is 2.56. The van der Waals surface area contributed by atoms with E-state index >= 15 is 0 Å². The van der Waals surface area contributed by atoms with E-state index in [0.29, 0.717) is 17.9 Å². The first-order valence-electron chi connectivity index (χ1n) is 7.30. The first-order valence-corrected chi connectivity index (χ1v) is 7.68. The Morgan fingerprint density at radius 3 is 2.96 bits per heavy atom. The molecule has 0 unspecified atom stereocenters. The minimum Gasteiger partial charge on any atom is -0.465 e. The van der Waals surface area contributed by atoms with Crippen molar-refractivity contribution in [2.24, 2.45) is 0 Å². The van der Waals surface area contributed by atoms with Gasteiger partial charge in [-0.1, -0.05) is 18.2 Å². The molecule has 0 aliphatic heterocycles. The summed E-state index contributed by atoms with van der Waals surface area (Å²) in [6.07, 6.45) is 3.17. The van der Waals surface area contributed by atoms with Crippen molar-refractivity contribution < 1.29 is 9.53 Å². The molecular formula is C17H13ClN4O2. The number of rotatable bonds is 4. The highest BCUT2D eigenvalue weighted by molar-refractivity contribution is 6.28. The van der Waals surface area contributed by atoms with Gasteiger partial charge in [-0.15, -0.1) is 0 Å². The number of halogens is 1. The normalized spacial score (nSPS) is 10.5. The number of benzene rings is 1. The second kappa shape index (κ2) is 6.69. The van der Waals surface area contributed by atoms with Crippen LogP contribution < -0.4 is 0 Å². The highest BCUT2D eigenvalue weighted by Gasteiger charge is 2.17. The van der Waals surface area contributed by atoms with E-state index < -0.39 is 0 Å². The van der Waals surface area contributed by atoms with Gasteiger partial charge in [0.2, 0.25) is 5.28 Å². The summed E-state index contributed by atoms with van der Waals surface area (Å²) in [6.45, 7) is 2.17. The number of carbonyl (C=O) groups is 1. The molecule has 0 bridgehead atoms. The van der Waals surface area contributed by atoms with E-state index in [1.54, 1.807) is 17.7 Å². The van der Waals surface area contributed by atoms with Crippen LogP contribution in [0.1, 0.15) is 12.5 Å². The summed E-state index contributed by atoms with van der Waals surface area (Å²) in [5, 5.41) is 10.2. The molecule has 0 atom stereocenters. The van der Waals surface area contributed by atoms with E-state index in [1.165, 1.54) is 6.20 Å². The number of carbonyl (C=O) groups excluding carboxylic acids is 1. The van der Waals surface area contributed by atoms with Gasteiger partial charge in [0.25, 0.3) is 0 Å². The highest BCUT2D eigenvalue weighted by Crippen LogP contribution is 2.31. The predicted octanol–water partition coefficient (Wildman–Crippen LogP) is 3.19. The van der Waals surface area contributed by atoms with Crippen LogP contribution in [0.3, 0.4) is 0 Å². The van der Waals surface area contributed by atoms with E-state index in [1.807, 2.05) is 24.3 Å². The summed E-state index contributed by atoms with van der Waals surface area (Å²) in [4.78, 5) is 19.9. The van der Waals surface area contributed by atoms with Gasteiger partial charge in [-0.25, -0.2) is 9.97 Å². The summed E-state index contributed by atoms with van der Waals surface area (Å²) in [6, 6.07) is 9.64. The number of esters is 1. The maximum atomic E-state index is 11.8. The van der Waals surface area contributed by atoms with Gasteiger partial charge in [0, 0.05) is 22.7 Å². The monoisotopic (exact) mass is 340 g/mol. The Morgan fingerprint density at radius 2 is 2.21 bits per heavy atom. The number of aromatic nitrogens is 3. The third-order valence-electron chi connectivity index (χ3n) is 3.53. The SMILES string of the molecule is CCOC(=O)Cn1cc(-c2nc(Cl)ncc2C#N)c2ccccc21. The molecule has 0 aliphatic carbocycles. The predicted molar refractivity (Wildman–Crippen MR) is 89.3 cm³/mol. The number of para-hydroxylation sites is 1. The van der Waals surface area contributed by atoms with E-state index in [-0.39, 0.29) is 17.8 Å². The smallest absolute Gasteiger partial charge is 0.325 e. The zero-order chi connectivity index (χ0) is 17.1. The van der Waals surface area contributed by atoms with E-state index in [9.17, 15) is 10.1 Å². The Labute approximate surface area is 143 Å². The number of hydrogen-bond donors (Lipinski definition) is 0. The molecule has 2 aromatic heterocycles. The molecule has 7 heteroatoms. The van der Waals surface area contributed by atoms with Crippen LogP contribution in [-0.2, 0) is 16.1 Å². The number of fused-ring (bicyclic) bond motifs is 1. The van der Waals surface area contributed by atoms with Gasteiger partial charge in [-0.2, -0.15) is 5.26 Å². The molecule has 0 spiro atoms. The minimum absolute atomic E-state index is 0.0613. The minimum atomic E-state index is -0.328. The molecular weight excluding hydrogens is 328 g/mol. The molecule has 6 nitrogen and oxygen atoms in total. The second-order valence-electron chi connectivity index (χ2n) is 5.01. The molecule has 0 fully saturated rings. The van der Waals surface area contributed by atoms with Crippen molar-refractivity contribution in [2.75, 3.05) is 6.61 Å². The van der Waals surface area contributed by atoms with Crippen LogP contribution in [0.4, 0.5) is 0 Å². The molecule has 0 amide bonds. The molecule has 2 heterocycles. The molecule has 3 rings (SSSR count). The standard InChI is InChI=1S/C17H13ClN4O2/c1-2-24-15(23)10-22-9-13(12-5-3-4-6-14(12)22)16-11(7-19)8-20-17(18)21-16/h3-6,8-9H,2,10H2,1H3. The fraction of sp³-hybridized carbons (Fsp3) is 0.176. The molecule has 24 heavy (non-hydrogen) atoms. The van der Waals surface area contributed by atoms with Crippen molar-refractivity contribution in [1.82, 2.24) is 14.5 Å². The maximum absolute atomic E-state index is 11.8. The van der Waals surface area contributed by atoms with E-state index in [2.05, 4.69) is 16.0 Å². The topological polar surface area (TPSA) is 80.8 Å². The average molecular weight is 341 g/mol. The molecule has 0 saturated heterocycles. The summed E-state index contributed by atoms with van der Waals surface area (Å²) in [5.74, 6) is -0.328. The van der Waals surface area contributed by atoms with Gasteiger partial charge >= 0.3 is 5.97 Å². The summed E-state index contributed by atoms with van der Waals surface area (Å²) < 4.78 is 6.79. The van der Waals surface area contributed by atoms with Crippen LogP contribution >= 0.6 is 11.6 Å². The Balaban J connectivity index is 2.18. The summed E-state index contributed by atoms with van der Waals surface area (Å²) in [5.41, 5.74) is 2.32. The van der Waals surface area contributed by atoms with E-state index in [4.69, 9.17) is 16.3 Å².